The highest BCUT2D eigenvalue weighted by Crippen LogP contribution is 2.20. The molecule has 0 spiro atoms. The van der Waals surface area contributed by atoms with Crippen LogP contribution in [-0.4, -0.2) is 34.8 Å². The lowest BCUT2D eigenvalue weighted by Gasteiger charge is -2.23. The molecule has 1 saturated heterocycles. The van der Waals surface area contributed by atoms with Crippen LogP contribution in [0.4, 0.5) is 0 Å². The number of rotatable bonds is 4. The van der Waals surface area contributed by atoms with E-state index in [1.165, 1.54) is 7.05 Å². The van der Waals surface area contributed by atoms with E-state index < -0.39 is 10.0 Å². The summed E-state index contributed by atoms with van der Waals surface area (Å²) in [7, 11) is -1.98. The second-order valence-electron chi connectivity index (χ2n) is 4.11. The van der Waals surface area contributed by atoms with Gasteiger partial charge in [0.05, 0.1) is 18.1 Å². The van der Waals surface area contributed by atoms with Crippen LogP contribution in [0.15, 0.2) is 29.2 Å². The molecule has 0 bridgehead atoms. The zero-order valence-corrected chi connectivity index (χ0v) is 11.1. The molecule has 100 valence electrons. The van der Waals surface area contributed by atoms with Crippen LogP contribution < -0.4 is 9.46 Å². The third-order valence-electron chi connectivity index (χ3n) is 2.87. The van der Waals surface area contributed by atoms with E-state index in [2.05, 4.69) is 4.72 Å². The Morgan fingerprint density at radius 3 is 2.39 bits per heavy atom. The quantitative estimate of drug-likeness (QED) is 0.892. The average molecular weight is 271 g/mol. The number of benzene rings is 1. The molecule has 1 aromatic carbocycles. The molecule has 1 heterocycles. The maximum absolute atomic E-state index is 11.5. The number of hydrogen-bond acceptors (Lipinski definition) is 4. The molecule has 2 rings (SSSR count). The SMILES string of the molecule is CNS(=O)(=O)c1ccc(OC2CCOCC2)cc1. The van der Waals surface area contributed by atoms with E-state index in [0.717, 1.165) is 26.1 Å². The van der Waals surface area contributed by atoms with E-state index in [1.807, 2.05) is 0 Å². The molecule has 1 aromatic rings. The van der Waals surface area contributed by atoms with Gasteiger partial charge in [0.15, 0.2) is 0 Å². The van der Waals surface area contributed by atoms with Crippen molar-refractivity contribution in [2.24, 2.45) is 0 Å². The summed E-state index contributed by atoms with van der Waals surface area (Å²) in [4.78, 5) is 0.240. The summed E-state index contributed by atoms with van der Waals surface area (Å²) in [6.45, 7) is 1.44. The van der Waals surface area contributed by atoms with Gasteiger partial charge in [-0.25, -0.2) is 13.1 Å². The van der Waals surface area contributed by atoms with Crippen LogP contribution >= 0.6 is 0 Å². The van der Waals surface area contributed by atoms with Gasteiger partial charge in [-0.05, 0) is 31.3 Å². The maximum Gasteiger partial charge on any atom is 0.240 e. The van der Waals surface area contributed by atoms with Crippen molar-refractivity contribution in [1.82, 2.24) is 4.72 Å². The number of hydrogen-bond donors (Lipinski definition) is 1. The molecule has 0 atom stereocenters. The van der Waals surface area contributed by atoms with Gasteiger partial charge in [-0.3, -0.25) is 0 Å². The Bertz CT molecular complexity index is 477. The largest absolute Gasteiger partial charge is 0.490 e. The molecule has 0 aromatic heterocycles. The first-order valence-corrected chi connectivity index (χ1v) is 7.38. The standard InChI is InChI=1S/C12H17NO4S/c1-13-18(14,15)12-4-2-10(3-5-12)17-11-6-8-16-9-7-11/h2-5,11,13H,6-9H2,1H3. The van der Waals surface area contributed by atoms with Crippen molar-refractivity contribution in [1.29, 1.82) is 0 Å². The summed E-state index contributed by atoms with van der Waals surface area (Å²) < 4.78 is 36.4. The molecule has 18 heavy (non-hydrogen) atoms. The van der Waals surface area contributed by atoms with Gasteiger partial charge in [-0.2, -0.15) is 0 Å². The third-order valence-corrected chi connectivity index (χ3v) is 4.30. The van der Waals surface area contributed by atoms with Crippen LogP contribution in [0.5, 0.6) is 5.75 Å². The molecule has 0 unspecified atom stereocenters. The Hall–Kier alpha value is -1.11. The van der Waals surface area contributed by atoms with E-state index in [1.54, 1.807) is 24.3 Å². The van der Waals surface area contributed by atoms with Gasteiger partial charge in [0, 0.05) is 12.8 Å². The van der Waals surface area contributed by atoms with Crippen molar-refractivity contribution >= 4 is 10.0 Å². The molecule has 1 N–H and O–H groups in total. The third kappa shape index (κ3) is 3.22. The second kappa shape index (κ2) is 5.69. The fourth-order valence-corrected chi connectivity index (χ4v) is 2.53. The summed E-state index contributed by atoms with van der Waals surface area (Å²) >= 11 is 0. The minimum Gasteiger partial charge on any atom is -0.490 e. The van der Waals surface area contributed by atoms with E-state index in [-0.39, 0.29) is 11.0 Å². The first-order valence-electron chi connectivity index (χ1n) is 5.90. The Morgan fingerprint density at radius 1 is 1.22 bits per heavy atom. The van der Waals surface area contributed by atoms with Gasteiger partial charge < -0.3 is 9.47 Å². The molecular formula is C12H17NO4S. The van der Waals surface area contributed by atoms with Crippen molar-refractivity contribution in [3.05, 3.63) is 24.3 Å². The Balaban J connectivity index is 2.03. The minimum atomic E-state index is -3.37. The molecule has 6 heteroatoms. The minimum absolute atomic E-state index is 0.158. The van der Waals surface area contributed by atoms with E-state index in [9.17, 15) is 8.42 Å². The summed E-state index contributed by atoms with van der Waals surface area (Å²) in [6, 6.07) is 6.44. The zero-order chi connectivity index (χ0) is 13.0. The van der Waals surface area contributed by atoms with Gasteiger partial charge in [0.25, 0.3) is 0 Å². The molecule has 1 aliphatic rings. The van der Waals surface area contributed by atoms with Gasteiger partial charge in [-0.1, -0.05) is 0 Å². The maximum atomic E-state index is 11.5. The smallest absolute Gasteiger partial charge is 0.240 e. The van der Waals surface area contributed by atoms with Gasteiger partial charge in [0.2, 0.25) is 10.0 Å². The molecule has 5 nitrogen and oxygen atoms in total. The zero-order valence-electron chi connectivity index (χ0n) is 10.3. The molecule has 0 aliphatic carbocycles. The Labute approximate surface area is 107 Å². The molecule has 1 fully saturated rings. The van der Waals surface area contributed by atoms with E-state index >= 15 is 0 Å². The monoisotopic (exact) mass is 271 g/mol. The summed E-state index contributed by atoms with van der Waals surface area (Å²) in [5.74, 6) is 0.692. The van der Waals surface area contributed by atoms with Crippen LogP contribution in [0.1, 0.15) is 12.8 Å². The summed E-state index contributed by atoms with van der Waals surface area (Å²) in [6.07, 6.45) is 1.90. The first-order chi connectivity index (χ1) is 8.62. The molecule has 0 saturated carbocycles. The fraction of sp³-hybridized carbons (Fsp3) is 0.500. The Kier molecular flexibility index (Phi) is 4.21. The van der Waals surface area contributed by atoms with Crippen molar-refractivity contribution < 1.29 is 17.9 Å². The van der Waals surface area contributed by atoms with Crippen molar-refractivity contribution in [2.75, 3.05) is 20.3 Å². The highest BCUT2D eigenvalue weighted by Gasteiger charge is 2.16. The predicted molar refractivity (Wildman–Crippen MR) is 67.2 cm³/mol. The number of ether oxygens (including phenoxy) is 2. The van der Waals surface area contributed by atoms with Gasteiger partial charge in [-0.15, -0.1) is 0 Å². The molecular weight excluding hydrogens is 254 g/mol. The lowest BCUT2D eigenvalue weighted by molar-refractivity contribution is 0.0255. The van der Waals surface area contributed by atoms with Gasteiger partial charge in [0.1, 0.15) is 11.9 Å². The fourth-order valence-electron chi connectivity index (χ4n) is 1.80. The topological polar surface area (TPSA) is 64.6 Å². The molecule has 0 amide bonds. The highest BCUT2D eigenvalue weighted by atomic mass is 32.2. The van der Waals surface area contributed by atoms with Crippen molar-refractivity contribution in [3.8, 4) is 5.75 Å². The average Bonchev–Trinajstić information content (AvgIpc) is 2.40. The van der Waals surface area contributed by atoms with Crippen molar-refractivity contribution in [3.63, 3.8) is 0 Å². The Morgan fingerprint density at radius 2 is 1.83 bits per heavy atom. The van der Waals surface area contributed by atoms with Crippen LogP contribution in [0, 0.1) is 0 Å². The number of sulfonamides is 1. The van der Waals surface area contributed by atoms with Crippen molar-refractivity contribution in [2.45, 2.75) is 23.8 Å². The highest BCUT2D eigenvalue weighted by molar-refractivity contribution is 7.89. The number of nitrogens with one attached hydrogen (secondary N) is 1. The van der Waals surface area contributed by atoms with Crippen LogP contribution in [0.25, 0.3) is 0 Å². The summed E-state index contributed by atoms with van der Waals surface area (Å²) in [5.41, 5.74) is 0. The predicted octanol–water partition coefficient (Wildman–Crippen LogP) is 1.15. The van der Waals surface area contributed by atoms with E-state index in [0.29, 0.717) is 5.75 Å². The lowest BCUT2D eigenvalue weighted by Crippen LogP contribution is -2.25. The second-order valence-corrected chi connectivity index (χ2v) is 6.00. The van der Waals surface area contributed by atoms with Crippen LogP contribution in [-0.2, 0) is 14.8 Å². The van der Waals surface area contributed by atoms with E-state index in [4.69, 9.17) is 9.47 Å². The molecule has 0 radical (unpaired) electrons. The normalized spacial score (nSPS) is 17.6. The molecule has 1 aliphatic heterocycles. The van der Waals surface area contributed by atoms with Crippen LogP contribution in [0.3, 0.4) is 0 Å². The first kappa shape index (κ1) is 13.3. The van der Waals surface area contributed by atoms with Gasteiger partial charge >= 0.3 is 0 Å². The lowest BCUT2D eigenvalue weighted by atomic mass is 10.1. The van der Waals surface area contributed by atoms with Crippen LogP contribution in [0.2, 0.25) is 0 Å². The summed E-state index contributed by atoms with van der Waals surface area (Å²) in [5, 5.41) is 0.